The molecule has 2 aromatic carbocycles. The monoisotopic (exact) mass is 220 g/mol. The molecule has 2 fully saturated rings. The van der Waals surface area contributed by atoms with Gasteiger partial charge in [0.25, 0.3) is 0 Å². The van der Waals surface area contributed by atoms with Gasteiger partial charge >= 0.3 is 0 Å². The van der Waals surface area contributed by atoms with Gasteiger partial charge in [0.05, 0.1) is 0 Å². The minimum Gasteiger partial charge on any atom is -0.0622 e. The van der Waals surface area contributed by atoms with Gasteiger partial charge in [0, 0.05) is 0 Å². The van der Waals surface area contributed by atoms with Crippen LogP contribution >= 0.6 is 0 Å². The lowest BCUT2D eigenvalue weighted by molar-refractivity contribution is 0.794. The Morgan fingerprint density at radius 1 is 0.647 bits per heavy atom. The highest BCUT2D eigenvalue weighted by Gasteiger charge is 2.70. The van der Waals surface area contributed by atoms with Crippen LogP contribution in [0.25, 0.3) is 0 Å². The van der Waals surface area contributed by atoms with Crippen LogP contribution < -0.4 is 0 Å². The van der Waals surface area contributed by atoms with Crippen molar-refractivity contribution in [1.82, 2.24) is 0 Å². The lowest BCUT2D eigenvalue weighted by Gasteiger charge is -2.00. The fourth-order valence-electron chi connectivity index (χ4n) is 3.52. The zero-order chi connectivity index (χ0) is 11.3. The van der Waals surface area contributed by atoms with Crippen LogP contribution in [0.2, 0.25) is 0 Å². The highest BCUT2D eigenvalue weighted by molar-refractivity contribution is 5.43. The molecular formula is C17H16. The molecule has 0 nitrogen and oxygen atoms in total. The fraction of sp³-hybridized carbons (Fsp3) is 0.294. The van der Waals surface area contributed by atoms with Gasteiger partial charge in [0.1, 0.15) is 0 Å². The summed E-state index contributed by atoms with van der Waals surface area (Å²) in [6.07, 6.45) is 2.80. The second-order valence-corrected chi connectivity index (χ2v) is 5.57. The lowest BCUT2D eigenvalue weighted by atomic mass is 10.0. The first-order valence-corrected chi connectivity index (χ1v) is 6.50. The maximum Gasteiger partial charge on any atom is -0.00933 e. The third kappa shape index (κ3) is 1.37. The van der Waals surface area contributed by atoms with Gasteiger partial charge in [0.2, 0.25) is 0 Å². The molecule has 0 bridgehead atoms. The first kappa shape index (κ1) is 9.47. The van der Waals surface area contributed by atoms with E-state index in [1.54, 1.807) is 11.1 Å². The van der Waals surface area contributed by atoms with Crippen molar-refractivity contribution in [3.63, 3.8) is 0 Å². The Balaban J connectivity index is 1.57. The zero-order valence-electron chi connectivity index (χ0n) is 9.84. The van der Waals surface area contributed by atoms with Crippen molar-refractivity contribution >= 4 is 0 Å². The Morgan fingerprint density at radius 3 is 1.47 bits per heavy atom. The van der Waals surface area contributed by atoms with Crippen molar-refractivity contribution < 1.29 is 0 Å². The van der Waals surface area contributed by atoms with E-state index in [9.17, 15) is 0 Å². The van der Waals surface area contributed by atoms with E-state index in [1.165, 1.54) is 12.8 Å². The largest absolute Gasteiger partial charge is 0.0622 e. The molecule has 0 heterocycles. The zero-order valence-corrected chi connectivity index (χ0v) is 9.84. The first-order valence-electron chi connectivity index (χ1n) is 6.50. The van der Waals surface area contributed by atoms with Crippen LogP contribution in [-0.4, -0.2) is 0 Å². The molecular weight excluding hydrogens is 204 g/mol. The summed E-state index contributed by atoms with van der Waals surface area (Å²) in [6, 6.07) is 22.1. The second-order valence-electron chi connectivity index (χ2n) is 5.57. The summed E-state index contributed by atoms with van der Waals surface area (Å²) in [5.74, 6) is 1.66. The Kier molecular flexibility index (Phi) is 1.80. The van der Waals surface area contributed by atoms with E-state index in [0.29, 0.717) is 5.41 Å². The van der Waals surface area contributed by atoms with Gasteiger partial charge in [-0.3, -0.25) is 0 Å². The minimum atomic E-state index is 0.642. The smallest absolute Gasteiger partial charge is 0.00933 e. The summed E-state index contributed by atoms with van der Waals surface area (Å²) in [4.78, 5) is 0. The number of hydrogen-bond acceptors (Lipinski definition) is 0. The van der Waals surface area contributed by atoms with Gasteiger partial charge in [0.15, 0.2) is 0 Å². The summed E-state index contributed by atoms with van der Waals surface area (Å²) >= 11 is 0. The number of benzene rings is 2. The van der Waals surface area contributed by atoms with E-state index < -0.39 is 0 Å². The van der Waals surface area contributed by atoms with Crippen molar-refractivity contribution in [2.45, 2.75) is 24.7 Å². The van der Waals surface area contributed by atoms with E-state index in [2.05, 4.69) is 60.7 Å². The molecule has 2 atom stereocenters. The first-order chi connectivity index (χ1) is 8.40. The summed E-state index contributed by atoms with van der Waals surface area (Å²) in [5.41, 5.74) is 3.74. The lowest BCUT2D eigenvalue weighted by Crippen LogP contribution is -1.86. The van der Waals surface area contributed by atoms with Crippen molar-refractivity contribution in [1.29, 1.82) is 0 Å². The minimum absolute atomic E-state index is 0.642. The summed E-state index contributed by atoms with van der Waals surface area (Å²) < 4.78 is 0. The maximum absolute atomic E-state index is 2.29. The van der Waals surface area contributed by atoms with Crippen LogP contribution in [0.1, 0.15) is 35.8 Å². The maximum atomic E-state index is 2.29. The molecule has 0 aliphatic heterocycles. The van der Waals surface area contributed by atoms with Crippen LogP contribution in [0.5, 0.6) is 0 Å². The molecule has 0 radical (unpaired) electrons. The van der Waals surface area contributed by atoms with Gasteiger partial charge in [-0.15, -0.1) is 0 Å². The van der Waals surface area contributed by atoms with Crippen molar-refractivity contribution in [2.24, 2.45) is 5.41 Å². The molecule has 0 heteroatoms. The standard InChI is InChI=1S/C17H16/c1-3-7-13(8-4-1)15-11-17(15)12-16(17)14-9-5-2-6-10-14/h1-10,15-16H,11-12H2. The fourth-order valence-corrected chi connectivity index (χ4v) is 3.52. The molecule has 0 aromatic heterocycles. The molecule has 84 valence electrons. The van der Waals surface area contributed by atoms with E-state index in [1.807, 2.05) is 0 Å². The Labute approximate surface area is 102 Å². The predicted octanol–water partition coefficient (Wildman–Crippen LogP) is 4.35. The SMILES string of the molecule is c1ccc(C2CC23CC3c2ccccc2)cc1. The van der Waals surface area contributed by atoms with Crippen molar-refractivity contribution in [3.05, 3.63) is 71.8 Å². The van der Waals surface area contributed by atoms with Gasteiger partial charge < -0.3 is 0 Å². The summed E-state index contributed by atoms with van der Waals surface area (Å²) in [5, 5.41) is 0. The van der Waals surface area contributed by atoms with E-state index in [0.717, 1.165) is 11.8 Å². The van der Waals surface area contributed by atoms with Gasteiger partial charge in [-0.2, -0.15) is 0 Å². The molecule has 2 aromatic rings. The Bertz CT molecular complexity index is 475. The highest BCUT2D eigenvalue weighted by Crippen LogP contribution is 2.81. The highest BCUT2D eigenvalue weighted by atomic mass is 14.7. The van der Waals surface area contributed by atoms with Crippen molar-refractivity contribution in [3.8, 4) is 0 Å². The Morgan fingerprint density at radius 2 is 1.06 bits per heavy atom. The van der Waals surface area contributed by atoms with E-state index in [4.69, 9.17) is 0 Å². The summed E-state index contributed by atoms with van der Waals surface area (Å²) in [7, 11) is 0. The molecule has 2 aliphatic rings. The Hall–Kier alpha value is -1.56. The van der Waals surface area contributed by atoms with E-state index in [-0.39, 0.29) is 0 Å². The van der Waals surface area contributed by atoms with Gasteiger partial charge in [-0.05, 0) is 41.2 Å². The average Bonchev–Trinajstić information content (AvgIpc) is 3.31. The van der Waals surface area contributed by atoms with Crippen LogP contribution in [0.3, 0.4) is 0 Å². The van der Waals surface area contributed by atoms with Crippen LogP contribution in [0.4, 0.5) is 0 Å². The van der Waals surface area contributed by atoms with Crippen LogP contribution in [-0.2, 0) is 0 Å². The topological polar surface area (TPSA) is 0 Å². The van der Waals surface area contributed by atoms with Gasteiger partial charge in [-0.25, -0.2) is 0 Å². The average molecular weight is 220 g/mol. The number of rotatable bonds is 2. The van der Waals surface area contributed by atoms with Gasteiger partial charge in [-0.1, -0.05) is 60.7 Å². The predicted molar refractivity (Wildman–Crippen MR) is 70.0 cm³/mol. The number of hydrogen-bond donors (Lipinski definition) is 0. The van der Waals surface area contributed by atoms with E-state index >= 15 is 0 Å². The van der Waals surface area contributed by atoms with Crippen LogP contribution in [0, 0.1) is 5.41 Å². The normalized spacial score (nSPS) is 33.6. The third-order valence-electron chi connectivity index (χ3n) is 4.64. The second kappa shape index (κ2) is 3.22. The molecule has 4 rings (SSSR count). The molecule has 2 unspecified atom stereocenters. The molecule has 2 aliphatic carbocycles. The molecule has 0 saturated heterocycles. The third-order valence-corrected chi connectivity index (χ3v) is 4.64. The van der Waals surface area contributed by atoms with Crippen LogP contribution in [0.15, 0.2) is 60.7 Å². The molecule has 0 N–H and O–H groups in total. The quantitative estimate of drug-likeness (QED) is 0.706. The molecule has 1 spiro atoms. The summed E-state index contributed by atoms with van der Waals surface area (Å²) in [6.45, 7) is 0. The molecule has 2 saturated carbocycles. The molecule has 17 heavy (non-hydrogen) atoms. The molecule has 0 amide bonds. The van der Waals surface area contributed by atoms with Crippen molar-refractivity contribution in [2.75, 3.05) is 0 Å².